The fourth-order valence-electron chi connectivity index (χ4n) is 6.76. The monoisotopic (exact) mass is 799 g/mol. The molecule has 4 bridgehead atoms. The van der Waals surface area contributed by atoms with Crippen molar-refractivity contribution in [2.45, 2.75) is 52.4 Å². The first-order valence-electron chi connectivity index (χ1n) is 16.1. The summed E-state index contributed by atoms with van der Waals surface area (Å²) < 4.78 is 5.03. The summed E-state index contributed by atoms with van der Waals surface area (Å²) >= 11 is -0.577. The molecule has 6 nitrogen and oxygen atoms in total. The Bertz CT molecular complexity index is 2070. The predicted molar refractivity (Wildman–Crippen MR) is 194 cm³/mol. The van der Waals surface area contributed by atoms with Crippen molar-refractivity contribution < 1.29 is 17.6 Å². The average molecular weight is 800 g/mol. The SMILES string of the molecule is CN1C=CN2[C]1=[Pt]=[C]1N(C)C=CN1c1[c-]c(ccc1)N(n1c3c(C(C)(C)C)cccc3c3cccc(C(C)(C)C)c31)c1[c-]c2ccc1. The summed E-state index contributed by atoms with van der Waals surface area (Å²) in [6, 6.07) is 34.5. The zero-order valence-corrected chi connectivity index (χ0v) is 30.5. The number of anilines is 4. The molecule has 0 saturated carbocycles. The number of hydrogen-bond donors (Lipinski definition) is 0. The maximum absolute atomic E-state index is 3.90. The molecule has 1 aromatic heterocycles. The van der Waals surface area contributed by atoms with Crippen LogP contribution in [0.2, 0.25) is 0 Å². The van der Waals surface area contributed by atoms with E-state index < -0.39 is 17.6 Å². The van der Waals surface area contributed by atoms with Gasteiger partial charge in [0.15, 0.2) is 0 Å². The van der Waals surface area contributed by atoms with Crippen LogP contribution in [0.3, 0.4) is 0 Å². The minimum absolute atomic E-state index is 0.0928. The van der Waals surface area contributed by atoms with Crippen LogP contribution >= 0.6 is 0 Å². The van der Waals surface area contributed by atoms with Gasteiger partial charge in [0.1, 0.15) is 0 Å². The number of rotatable bonds is 1. The molecule has 47 heavy (non-hydrogen) atoms. The summed E-state index contributed by atoms with van der Waals surface area (Å²) in [6.07, 6.45) is 8.67. The van der Waals surface area contributed by atoms with Crippen molar-refractivity contribution in [1.82, 2.24) is 14.5 Å². The number of nitrogens with zero attached hydrogens (tertiary/aromatic N) is 6. The first-order valence-corrected chi connectivity index (χ1v) is 18.3. The van der Waals surface area contributed by atoms with E-state index in [9.17, 15) is 0 Å². The van der Waals surface area contributed by atoms with Gasteiger partial charge in [0.25, 0.3) is 0 Å². The summed E-state index contributed by atoms with van der Waals surface area (Å²) in [4.78, 5) is 9.15. The van der Waals surface area contributed by atoms with Gasteiger partial charge in [-0.15, -0.1) is 0 Å². The van der Waals surface area contributed by atoms with Crippen LogP contribution < -0.4 is 14.8 Å². The van der Waals surface area contributed by atoms with Gasteiger partial charge in [0.05, 0.1) is 0 Å². The zero-order chi connectivity index (χ0) is 32.8. The van der Waals surface area contributed by atoms with Gasteiger partial charge >= 0.3 is 287 Å². The molecule has 0 radical (unpaired) electrons. The Hall–Kier alpha value is -4.41. The number of benzene rings is 4. The predicted octanol–water partition coefficient (Wildman–Crippen LogP) is 8.31. The molecule has 4 heterocycles. The second-order valence-electron chi connectivity index (χ2n) is 14.5. The van der Waals surface area contributed by atoms with E-state index in [0.29, 0.717) is 0 Å². The van der Waals surface area contributed by atoms with E-state index in [1.54, 1.807) is 0 Å². The third kappa shape index (κ3) is 4.71. The Kier molecular flexibility index (Phi) is 6.72. The molecule has 8 rings (SSSR count). The molecule has 0 amide bonds. The van der Waals surface area contributed by atoms with Crippen LogP contribution in [0.5, 0.6) is 0 Å². The summed E-state index contributed by atoms with van der Waals surface area (Å²) in [5.41, 5.74) is 8.80. The molecule has 0 saturated heterocycles. The molecule has 5 aromatic rings. The molecule has 0 aliphatic carbocycles. The van der Waals surface area contributed by atoms with Gasteiger partial charge in [-0.1, -0.05) is 0 Å². The van der Waals surface area contributed by atoms with Crippen molar-refractivity contribution in [2.75, 3.05) is 28.9 Å². The molecule has 0 atom stereocenters. The maximum atomic E-state index is 3.90. The van der Waals surface area contributed by atoms with Crippen LogP contribution in [0.15, 0.2) is 97.6 Å². The number of fused-ring (bicyclic) bond motifs is 11. The quantitative estimate of drug-likeness (QED) is 0.159. The van der Waals surface area contributed by atoms with Crippen molar-refractivity contribution in [3.05, 3.63) is 121 Å². The molecule has 3 aliphatic rings. The van der Waals surface area contributed by atoms with E-state index in [4.69, 9.17) is 0 Å². The molecule has 0 spiro atoms. The van der Waals surface area contributed by atoms with Crippen LogP contribution in [0.4, 0.5) is 22.7 Å². The summed E-state index contributed by atoms with van der Waals surface area (Å²) in [5.74, 6) is 0. The minimum atomic E-state index is -0.577. The Morgan fingerprint density at radius 3 is 1.34 bits per heavy atom. The van der Waals surface area contributed by atoms with Crippen LogP contribution in [0, 0.1) is 12.1 Å². The first kappa shape index (κ1) is 30.0. The third-order valence-corrected chi connectivity index (χ3v) is 12.7. The third-order valence-electron chi connectivity index (χ3n) is 9.03. The van der Waals surface area contributed by atoms with E-state index in [1.165, 1.54) is 41.2 Å². The first-order chi connectivity index (χ1) is 22.4. The van der Waals surface area contributed by atoms with Gasteiger partial charge in [-0.25, -0.2) is 0 Å². The number of aromatic nitrogens is 1. The van der Waals surface area contributed by atoms with Crippen molar-refractivity contribution in [3.8, 4) is 0 Å². The molecule has 4 aromatic carbocycles. The molecule has 0 unspecified atom stereocenters. The Morgan fingerprint density at radius 1 is 0.511 bits per heavy atom. The van der Waals surface area contributed by atoms with Crippen molar-refractivity contribution in [1.29, 1.82) is 0 Å². The fraction of sp³-hybridized carbons (Fsp3) is 0.250. The van der Waals surface area contributed by atoms with E-state index in [-0.39, 0.29) is 10.8 Å². The topological polar surface area (TPSA) is 21.1 Å². The fourth-order valence-corrected chi connectivity index (χ4v) is 9.79. The Labute approximate surface area is 285 Å². The normalized spacial score (nSPS) is 16.6. The van der Waals surface area contributed by atoms with E-state index in [0.717, 1.165) is 22.7 Å². The standard InChI is InChI=1S/C40H40N6.Pt/c1-39(2,3)35-19-11-17-33-34-18-12-20-36(40(4,5)6)38(34)46(37(33)35)45(31-15-9-13-29(25-31)43-23-21-41(7)27-43)32-16-10-14-30(26-32)44-24-22-42(8)28-44;/h9-24H,1-8H3;/q-2;. The molecule has 0 N–H and O–H groups in total. The van der Waals surface area contributed by atoms with Gasteiger partial charge in [-0.05, 0) is 0 Å². The van der Waals surface area contributed by atoms with E-state index >= 15 is 0 Å². The van der Waals surface area contributed by atoms with Crippen molar-refractivity contribution >= 4 is 52.8 Å². The van der Waals surface area contributed by atoms with Crippen LogP contribution in [-0.2, 0) is 28.5 Å². The Balaban J connectivity index is 1.54. The molecular weight excluding hydrogens is 760 g/mol. The van der Waals surface area contributed by atoms with E-state index in [2.05, 4.69) is 195 Å². The van der Waals surface area contributed by atoms with Gasteiger partial charge in [0, 0.05) is 0 Å². The van der Waals surface area contributed by atoms with Gasteiger partial charge in [0.2, 0.25) is 0 Å². The second kappa shape index (κ2) is 10.5. The van der Waals surface area contributed by atoms with Crippen LogP contribution in [-0.4, -0.2) is 36.9 Å². The number of hydrogen-bond acceptors (Lipinski definition) is 5. The van der Waals surface area contributed by atoms with E-state index in [1.807, 2.05) is 0 Å². The molecular formula is C40H40N6Pt-2. The molecule has 3 aliphatic heterocycles. The zero-order valence-electron chi connectivity index (χ0n) is 28.2. The molecule has 0 fully saturated rings. The molecule has 242 valence electrons. The second-order valence-corrected chi connectivity index (χ2v) is 17.1. The average Bonchev–Trinajstić information content (AvgIpc) is 3.70. The summed E-state index contributed by atoms with van der Waals surface area (Å²) in [6.45, 7) is 13.9. The molecule has 7 heteroatoms. The van der Waals surface area contributed by atoms with Crippen LogP contribution in [0.1, 0.15) is 52.7 Å². The van der Waals surface area contributed by atoms with Gasteiger partial charge in [-0.2, -0.15) is 0 Å². The van der Waals surface area contributed by atoms with Crippen molar-refractivity contribution in [2.24, 2.45) is 0 Å². The van der Waals surface area contributed by atoms with Gasteiger partial charge in [-0.3, -0.25) is 0 Å². The summed E-state index contributed by atoms with van der Waals surface area (Å²) in [7, 11) is 4.29. The van der Waals surface area contributed by atoms with Gasteiger partial charge < -0.3 is 0 Å². The Morgan fingerprint density at radius 2 is 0.915 bits per heavy atom. The van der Waals surface area contributed by atoms with Crippen LogP contribution in [0.25, 0.3) is 21.8 Å². The number of para-hydroxylation sites is 2. The summed E-state index contributed by atoms with van der Waals surface area (Å²) in [5, 5.41) is 4.85. The van der Waals surface area contributed by atoms with Crippen molar-refractivity contribution in [3.63, 3.8) is 0 Å².